The molecular formula is C12H20N2O2. The number of aromatic nitrogens is 1. The van der Waals surface area contributed by atoms with Crippen LogP contribution in [0.15, 0.2) is 17.1 Å². The van der Waals surface area contributed by atoms with Crippen molar-refractivity contribution in [2.75, 3.05) is 14.1 Å². The van der Waals surface area contributed by atoms with Crippen LogP contribution in [0, 0.1) is 0 Å². The van der Waals surface area contributed by atoms with Crippen molar-refractivity contribution in [3.8, 4) is 5.75 Å². The Balaban J connectivity index is 3.01. The third-order valence-electron chi connectivity index (χ3n) is 2.43. The summed E-state index contributed by atoms with van der Waals surface area (Å²) in [5.74, 6) is -0.168. The number of hydrogen-bond donors (Lipinski definition) is 1. The molecule has 1 heterocycles. The summed E-state index contributed by atoms with van der Waals surface area (Å²) in [6.45, 7) is 3.67. The van der Waals surface area contributed by atoms with Crippen molar-refractivity contribution < 1.29 is 5.11 Å². The lowest BCUT2D eigenvalue weighted by Gasteiger charge is -2.16. The predicted octanol–water partition coefficient (Wildman–Crippen LogP) is 1.42. The van der Waals surface area contributed by atoms with Crippen molar-refractivity contribution in [2.45, 2.75) is 32.9 Å². The number of hydrogen-bond acceptors (Lipinski definition) is 3. The average molecular weight is 224 g/mol. The van der Waals surface area contributed by atoms with Crippen molar-refractivity contribution in [3.05, 3.63) is 28.2 Å². The highest BCUT2D eigenvalue weighted by Crippen LogP contribution is 2.08. The Hall–Kier alpha value is -1.29. The van der Waals surface area contributed by atoms with Gasteiger partial charge >= 0.3 is 0 Å². The van der Waals surface area contributed by atoms with E-state index in [9.17, 15) is 9.90 Å². The molecule has 16 heavy (non-hydrogen) atoms. The Morgan fingerprint density at radius 1 is 1.44 bits per heavy atom. The summed E-state index contributed by atoms with van der Waals surface area (Å²) in [6, 6.07) is 1.52. The highest BCUT2D eigenvalue weighted by molar-refractivity contribution is 5.20. The van der Waals surface area contributed by atoms with E-state index in [0.717, 1.165) is 25.1 Å². The quantitative estimate of drug-likeness (QED) is 0.822. The minimum Gasteiger partial charge on any atom is -0.503 e. The lowest BCUT2D eigenvalue weighted by atomic mass is 10.2. The maximum absolute atomic E-state index is 11.4. The predicted molar refractivity (Wildman–Crippen MR) is 64.7 cm³/mol. The average Bonchev–Trinajstić information content (AvgIpc) is 2.20. The first kappa shape index (κ1) is 12.8. The Labute approximate surface area is 96.1 Å². The fourth-order valence-electron chi connectivity index (χ4n) is 1.60. The lowest BCUT2D eigenvalue weighted by molar-refractivity contribution is 0.379. The summed E-state index contributed by atoms with van der Waals surface area (Å²) in [5, 5.41) is 9.41. The van der Waals surface area contributed by atoms with Gasteiger partial charge in [-0.25, -0.2) is 0 Å². The van der Waals surface area contributed by atoms with Crippen molar-refractivity contribution in [3.63, 3.8) is 0 Å². The molecule has 1 N–H and O–H groups in total. The van der Waals surface area contributed by atoms with Gasteiger partial charge in [0.25, 0.3) is 0 Å². The van der Waals surface area contributed by atoms with E-state index in [4.69, 9.17) is 0 Å². The number of nitrogens with zero attached hydrogens (tertiary/aromatic N) is 2. The second-order valence-electron chi connectivity index (χ2n) is 4.30. The summed E-state index contributed by atoms with van der Waals surface area (Å²) in [7, 11) is 3.92. The fourth-order valence-corrected chi connectivity index (χ4v) is 1.60. The smallest absolute Gasteiger partial charge is 0.223 e. The first-order chi connectivity index (χ1) is 7.54. The van der Waals surface area contributed by atoms with Gasteiger partial charge in [0.2, 0.25) is 5.43 Å². The van der Waals surface area contributed by atoms with Crippen LogP contribution in [-0.4, -0.2) is 28.7 Å². The van der Waals surface area contributed by atoms with E-state index in [1.54, 1.807) is 0 Å². The van der Waals surface area contributed by atoms with Gasteiger partial charge < -0.3 is 14.6 Å². The second kappa shape index (κ2) is 5.70. The first-order valence-electron chi connectivity index (χ1n) is 5.61. The van der Waals surface area contributed by atoms with Crippen molar-refractivity contribution >= 4 is 0 Å². The molecule has 4 nitrogen and oxygen atoms in total. The van der Waals surface area contributed by atoms with Crippen LogP contribution in [0.3, 0.4) is 0 Å². The summed E-state index contributed by atoms with van der Waals surface area (Å²) in [6.07, 6.45) is 3.67. The molecule has 0 amide bonds. The highest BCUT2D eigenvalue weighted by Gasteiger charge is 2.06. The van der Waals surface area contributed by atoms with Crippen molar-refractivity contribution in [1.29, 1.82) is 0 Å². The van der Waals surface area contributed by atoms with Gasteiger partial charge in [0.1, 0.15) is 0 Å². The molecule has 0 fully saturated rings. The molecule has 0 saturated carbocycles. The van der Waals surface area contributed by atoms with E-state index in [1.807, 2.05) is 23.6 Å². The van der Waals surface area contributed by atoms with E-state index in [1.165, 1.54) is 12.3 Å². The van der Waals surface area contributed by atoms with E-state index in [2.05, 4.69) is 6.92 Å². The van der Waals surface area contributed by atoms with Crippen LogP contribution < -0.4 is 5.43 Å². The molecular weight excluding hydrogens is 204 g/mol. The van der Waals surface area contributed by atoms with E-state index >= 15 is 0 Å². The molecule has 4 heteroatoms. The molecule has 1 aromatic rings. The van der Waals surface area contributed by atoms with Crippen LogP contribution >= 0.6 is 0 Å². The number of aryl methyl sites for hydroxylation is 1. The molecule has 1 rings (SSSR count). The summed E-state index contributed by atoms with van der Waals surface area (Å²) < 4.78 is 1.96. The van der Waals surface area contributed by atoms with Gasteiger partial charge in [0, 0.05) is 24.8 Å². The number of aromatic hydroxyl groups is 1. The molecule has 0 spiro atoms. The third kappa shape index (κ3) is 3.38. The van der Waals surface area contributed by atoms with Crippen LogP contribution in [0.2, 0.25) is 0 Å². The lowest BCUT2D eigenvalue weighted by Crippen LogP contribution is -2.19. The van der Waals surface area contributed by atoms with Crippen molar-refractivity contribution in [1.82, 2.24) is 9.47 Å². The number of unbranched alkanes of at least 4 members (excludes halogenated alkanes) is 1. The summed E-state index contributed by atoms with van der Waals surface area (Å²) in [4.78, 5) is 13.4. The zero-order valence-corrected chi connectivity index (χ0v) is 10.2. The van der Waals surface area contributed by atoms with Crippen LogP contribution in [0.5, 0.6) is 5.75 Å². The van der Waals surface area contributed by atoms with Gasteiger partial charge in [-0.15, -0.1) is 0 Å². The number of rotatable bonds is 5. The molecule has 0 aliphatic rings. The first-order valence-corrected chi connectivity index (χ1v) is 5.61. The molecule has 0 bridgehead atoms. The van der Waals surface area contributed by atoms with Gasteiger partial charge in [0.05, 0.1) is 6.20 Å². The largest absolute Gasteiger partial charge is 0.503 e. The SMILES string of the molecule is CCCCn1cc(O)c(=O)cc1CN(C)C. The maximum atomic E-state index is 11.4. The van der Waals surface area contributed by atoms with Crippen LogP contribution in [0.25, 0.3) is 0 Å². The molecule has 90 valence electrons. The monoisotopic (exact) mass is 224 g/mol. The van der Waals surface area contributed by atoms with Gasteiger partial charge in [-0.05, 0) is 20.5 Å². The normalized spacial score (nSPS) is 11.0. The van der Waals surface area contributed by atoms with E-state index in [-0.39, 0.29) is 11.2 Å². The van der Waals surface area contributed by atoms with Gasteiger partial charge in [-0.2, -0.15) is 0 Å². The Morgan fingerprint density at radius 2 is 2.12 bits per heavy atom. The van der Waals surface area contributed by atoms with Gasteiger partial charge in [-0.1, -0.05) is 13.3 Å². The molecule has 0 saturated heterocycles. The fraction of sp³-hybridized carbons (Fsp3) is 0.583. The zero-order chi connectivity index (χ0) is 12.1. The van der Waals surface area contributed by atoms with E-state index < -0.39 is 0 Å². The molecule has 0 unspecified atom stereocenters. The molecule has 0 aromatic carbocycles. The Morgan fingerprint density at radius 3 is 2.69 bits per heavy atom. The van der Waals surface area contributed by atoms with Crippen LogP contribution in [-0.2, 0) is 13.1 Å². The Bertz CT molecular complexity index is 396. The standard InChI is InChI=1S/C12H20N2O2/c1-4-5-6-14-9-12(16)11(15)7-10(14)8-13(2)3/h7,9,16H,4-6,8H2,1-3H3. The van der Waals surface area contributed by atoms with E-state index in [0.29, 0.717) is 6.54 Å². The second-order valence-corrected chi connectivity index (χ2v) is 4.30. The minimum absolute atomic E-state index is 0.168. The number of pyridine rings is 1. The molecule has 0 radical (unpaired) electrons. The molecule has 0 aliphatic heterocycles. The Kier molecular flexibility index (Phi) is 4.55. The third-order valence-corrected chi connectivity index (χ3v) is 2.43. The summed E-state index contributed by atoms with van der Waals surface area (Å²) in [5.41, 5.74) is 0.644. The van der Waals surface area contributed by atoms with Crippen molar-refractivity contribution in [2.24, 2.45) is 0 Å². The van der Waals surface area contributed by atoms with Gasteiger partial charge in [0.15, 0.2) is 5.75 Å². The van der Waals surface area contributed by atoms with Crippen LogP contribution in [0.4, 0.5) is 0 Å². The zero-order valence-electron chi connectivity index (χ0n) is 10.2. The highest BCUT2D eigenvalue weighted by atomic mass is 16.3. The minimum atomic E-state index is -0.301. The van der Waals surface area contributed by atoms with Gasteiger partial charge in [-0.3, -0.25) is 4.79 Å². The molecule has 0 atom stereocenters. The molecule has 1 aromatic heterocycles. The summed E-state index contributed by atoms with van der Waals surface area (Å²) >= 11 is 0. The molecule has 0 aliphatic carbocycles. The van der Waals surface area contributed by atoms with Crippen LogP contribution in [0.1, 0.15) is 25.5 Å². The maximum Gasteiger partial charge on any atom is 0.223 e. The topological polar surface area (TPSA) is 45.5 Å².